The number of nitrogens with zero attached hydrogens (tertiary/aromatic N) is 1. The molecule has 0 aliphatic carbocycles. The maximum absolute atomic E-state index is 12.5. The van der Waals surface area contributed by atoms with E-state index in [4.69, 9.17) is 9.84 Å². The van der Waals surface area contributed by atoms with Crippen molar-refractivity contribution in [2.24, 2.45) is 0 Å². The zero-order valence-corrected chi connectivity index (χ0v) is 14.6. The van der Waals surface area contributed by atoms with Gasteiger partial charge < -0.3 is 14.7 Å². The third kappa shape index (κ3) is 3.93. The van der Waals surface area contributed by atoms with Gasteiger partial charge in [-0.05, 0) is 37.5 Å². The lowest BCUT2D eigenvalue weighted by atomic mass is 10.1. The van der Waals surface area contributed by atoms with E-state index in [2.05, 4.69) is 0 Å². The fraction of sp³-hybridized carbons (Fsp3) is 0.500. The summed E-state index contributed by atoms with van der Waals surface area (Å²) < 4.78 is 28.3. The molecule has 1 fully saturated rings. The highest BCUT2D eigenvalue weighted by Gasteiger charge is 2.37. The number of carbonyl (C=O) groups excluding carboxylic acids is 1. The first-order valence-electron chi connectivity index (χ1n) is 7.56. The van der Waals surface area contributed by atoms with Gasteiger partial charge in [-0.15, -0.1) is 0 Å². The normalized spacial score (nSPS) is 22.1. The summed E-state index contributed by atoms with van der Waals surface area (Å²) in [6.45, 7) is 1.82. The summed E-state index contributed by atoms with van der Waals surface area (Å²) >= 11 is 0. The van der Waals surface area contributed by atoms with Crippen LogP contribution in [-0.2, 0) is 24.2 Å². The average Bonchev–Trinajstić information content (AvgIpc) is 3.02. The lowest BCUT2D eigenvalue weighted by Crippen LogP contribution is -2.38. The topological polar surface area (TPSA) is 101 Å². The first-order valence-corrected chi connectivity index (χ1v) is 9.45. The number of benzene rings is 1. The van der Waals surface area contributed by atoms with Crippen LogP contribution in [0.5, 0.6) is 0 Å². The molecule has 132 valence electrons. The molecule has 0 aromatic heterocycles. The van der Waals surface area contributed by atoms with Gasteiger partial charge in [0.05, 0.1) is 10.9 Å². The summed E-state index contributed by atoms with van der Waals surface area (Å²) in [5, 5.41) is 8.93. The molecule has 1 aromatic carbocycles. The van der Waals surface area contributed by atoms with Crippen molar-refractivity contribution in [3.8, 4) is 0 Å². The number of sulfone groups is 1. The highest BCUT2D eigenvalue weighted by molar-refractivity contribution is 7.90. The molecule has 1 aliphatic heterocycles. The Bertz CT molecular complexity index is 727. The van der Waals surface area contributed by atoms with Crippen LogP contribution < -0.4 is 0 Å². The van der Waals surface area contributed by atoms with Crippen molar-refractivity contribution in [1.29, 1.82) is 0 Å². The second-order valence-electron chi connectivity index (χ2n) is 6.00. The minimum absolute atomic E-state index is 0.218. The van der Waals surface area contributed by atoms with Gasteiger partial charge >= 0.3 is 5.97 Å². The van der Waals surface area contributed by atoms with Crippen LogP contribution in [0.2, 0.25) is 0 Å². The summed E-state index contributed by atoms with van der Waals surface area (Å²) in [7, 11) is -1.65. The van der Waals surface area contributed by atoms with Crippen LogP contribution in [0, 0.1) is 0 Å². The van der Waals surface area contributed by atoms with E-state index >= 15 is 0 Å². The molecule has 1 saturated heterocycles. The van der Waals surface area contributed by atoms with Crippen LogP contribution in [-0.4, -0.2) is 55.8 Å². The van der Waals surface area contributed by atoms with E-state index in [9.17, 15) is 18.0 Å². The van der Waals surface area contributed by atoms with Gasteiger partial charge in [0.1, 0.15) is 6.10 Å². The summed E-state index contributed by atoms with van der Waals surface area (Å²) in [4.78, 5) is 25.1. The molecule has 7 nitrogen and oxygen atoms in total. The SMILES string of the molecule is CC(c1ccc(S(C)(=O)=O)cc1)N(C)C(=O)[C@@H]1CC[C@H](C(=O)O)O1. The number of carboxylic acids is 1. The Balaban J connectivity index is 2.07. The van der Waals surface area contributed by atoms with Crippen molar-refractivity contribution < 1.29 is 27.9 Å². The Labute approximate surface area is 141 Å². The van der Waals surface area contributed by atoms with Crippen molar-refractivity contribution in [2.45, 2.75) is 42.9 Å². The van der Waals surface area contributed by atoms with E-state index in [1.165, 1.54) is 17.0 Å². The number of ether oxygens (including phenoxy) is 1. The van der Waals surface area contributed by atoms with Crippen molar-refractivity contribution in [3.05, 3.63) is 29.8 Å². The first-order chi connectivity index (χ1) is 11.1. The van der Waals surface area contributed by atoms with Crippen LogP contribution in [0.3, 0.4) is 0 Å². The number of amides is 1. The molecular weight excluding hydrogens is 334 g/mol. The molecule has 0 saturated carbocycles. The smallest absolute Gasteiger partial charge is 0.332 e. The molecule has 8 heteroatoms. The number of rotatable bonds is 5. The number of carbonyl (C=O) groups is 2. The lowest BCUT2D eigenvalue weighted by Gasteiger charge is -2.27. The van der Waals surface area contributed by atoms with Gasteiger partial charge in [0, 0.05) is 13.3 Å². The maximum atomic E-state index is 12.5. The lowest BCUT2D eigenvalue weighted by molar-refractivity contribution is -0.155. The summed E-state index contributed by atoms with van der Waals surface area (Å²) in [5.74, 6) is -1.34. The summed E-state index contributed by atoms with van der Waals surface area (Å²) in [5.41, 5.74) is 0.783. The molecule has 2 rings (SSSR count). The van der Waals surface area contributed by atoms with Gasteiger partial charge in [0.15, 0.2) is 15.9 Å². The van der Waals surface area contributed by atoms with Crippen molar-refractivity contribution in [3.63, 3.8) is 0 Å². The van der Waals surface area contributed by atoms with E-state index in [0.29, 0.717) is 12.8 Å². The Kier molecular flexibility index (Phi) is 5.29. The quantitative estimate of drug-likeness (QED) is 0.853. The molecule has 1 aromatic rings. The predicted octanol–water partition coefficient (Wildman–Crippen LogP) is 1.24. The molecule has 0 spiro atoms. The van der Waals surface area contributed by atoms with Gasteiger partial charge in [-0.1, -0.05) is 12.1 Å². The number of carboxylic acid groups (broad SMARTS) is 1. The fourth-order valence-corrected chi connectivity index (χ4v) is 3.27. The van der Waals surface area contributed by atoms with Crippen LogP contribution in [0.15, 0.2) is 29.2 Å². The monoisotopic (exact) mass is 355 g/mol. The number of hydrogen-bond donors (Lipinski definition) is 1. The maximum Gasteiger partial charge on any atom is 0.332 e. The second kappa shape index (κ2) is 6.90. The van der Waals surface area contributed by atoms with Crippen LogP contribution in [0.4, 0.5) is 0 Å². The van der Waals surface area contributed by atoms with Crippen molar-refractivity contribution in [1.82, 2.24) is 4.90 Å². The first kappa shape index (κ1) is 18.4. The molecule has 1 unspecified atom stereocenters. The number of hydrogen-bond acceptors (Lipinski definition) is 5. The predicted molar refractivity (Wildman–Crippen MR) is 86.3 cm³/mol. The fourth-order valence-electron chi connectivity index (χ4n) is 2.64. The van der Waals surface area contributed by atoms with Crippen LogP contribution >= 0.6 is 0 Å². The highest BCUT2D eigenvalue weighted by Crippen LogP contribution is 2.26. The average molecular weight is 355 g/mol. The van der Waals surface area contributed by atoms with Crippen LogP contribution in [0.1, 0.15) is 31.4 Å². The Morgan fingerprint density at radius 3 is 2.21 bits per heavy atom. The van der Waals surface area contributed by atoms with Gasteiger partial charge in [-0.2, -0.15) is 0 Å². The molecule has 0 radical (unpaired) electrons. The molecule has 1 heterocycles. The third-order valence-corrected chi connectivity index (χ3v) is 5.42. The van der Waals surface area contributed by atoms with Gasteiger partial charge in [-0.3, -0.25) is 4.79 Å². The molecule has 24 heavy (non-hydrogen) atoms. The summed E-state index contributed by atoms with van der Waals surface area (Å²) in [6, 6.07) is 6.05. The molecule has 1 aliphatic rings. The molecule has 1 amide bonds. The van der Waals surface area contributed by atoms with Gasteiger partial charge in [0.25, 0.3) is 5.91 Å². The van der Waals surface area contributed by atoms with E-state index in [0.717, 1.165) is 11.8 Å². The van der Waals surface area contributed by atoms with Crippen molar-refractivity contribution in [2.75, 3.05) is 13.3 Å². The van der Waals surface area contributed by atoms with Crippen molar-refractivity contribution >= 4 is 21.7 Å². The zero-order chi connectivity index (χ0) is 18.1. The number of likely N-dealkylation sites (N-methyl/N-ethyl adjacent to an activating group) is 1. The molecule has 0 bridgehead atoms. The third-order valence-electron chi connectivity index (χ3n) is 4.29. The highest BCUT2D eigenvalue weighted by atomic mass is 32.2. The second-order valence-corrected chi connectivity index (χ2v) is 8.01. The van der Waals surface area contributed by atoms with Gasteiger partial charge in [0.2, 0.25) is 0 Å². The van der Waals surface area contributed by atoms with Crippen LogP contribution in [0.25, 0.3) is 0 Å². The van der Waals surface area contributed by atoms with E-state index < -0.39 is 28.0 Å². The van der Waals surface area contributed by atoms with E-state index in [-0.39, 0.29) is 16.8 Å². The minimum Gasteiger partial charge on any atom is -0.479 e. The van der Waals surface area contributed by atoms with E-state index in [1.54, 1.807) is 19.2 Å². The zero-order valence-electron chi connectivity index (χ0n) is 13.8. The Morgan fingerprint density at radius 2 is 1.75 bits per heavy atom. The summed E-state index contributed by atoms with van der Waals surface area (Å²) in [6.07, 6.45) is 0.138. The Morgan fingerprint density at radius 1 is 1.21 bits per heavy atom. The molecule has 1 N–H and O–H groups in total. The van der Waals surface area contributed by atoms with Gasteiger partial charge in [-0.25, -0.2) is 13.2 Å². The standard InChI is InChI=1S/C16H21NO6S/c1-10(11-4-6-12(7-5-11)24(3,21)22)17(2)15(18)13-8-9-14(23-13)16(19)20/h4-7,10,13-14H,8-9H2,1-3H3,(H,19,20)/t10?,13-,14+/m0/s1. The van der Waals surface area contributed by atoms with E-state index in [1.807, 2.05) is 6.92 Å². The minimum atomic E-state index is -3.27. The largest absolute Gasteiger partial charge is 0.479 e. The number of aliphatic carboxylic acids is 1. The Hall–Kier alpha value is -1.93. The molecule has 3 atom stereocenters. The molecular formula is C16H21NO6S.